The van der Waals surface area contributed by atoms with E-state index in [1.807, 2.05) is 74.5 Å². The molecule has 1 aliphatic rings. The number of nitrogens with one attached hydrogen (secondary N) is 2. The predicted molar refractivity (Wildman–Crippen MR) is 168 cm³/mol. The second-order valence-electron chi connectivity index (χ2n) is 9.14. The molecule has 0 unspecified atom stereocenters. The topological polar surface area (TPSA) is 78.5 Å². The Hall–Kier alpha value is -3.66. The lowest BCUT2D eigenvalue weighted by atomic mass is 10.1. The maximum atomic E-state index is 13.7. The highest BCUT2D eigenvalue weighted by atomic mass is 79.9. The van der Waals surface area contributed by atoms with Crippen molar-refractivity contribution in [2.24, 2.45) is 0 Å². The molecule has 4 aromatic rings. The Morgan fingerprint density at radius 3 is 1.95 bits per heavy atom. The van der Waals surface area contributed by atoms with Crippen LogP contribution in [0.1, 0.15) is 21.5 Å². The first-order valence-corrected chi connectivity index (χ1v) is 14.7. The Morgan fingerprint density at radius 1 is 0.725 bits per heavy atom. The minimum absolute atomic E-state index is 0.211. The molecule has 1 heterocycles. The normalized spacial score (nSPS) is 13.2. The number of halogens is 2. The molecule has 1 aliphatic heterocycles. The Kier molecular flexibility index (Phi) is 8.25. The molecule has 0 bridgehead atoms. The van der Waals surface area contributed by atoms with Crippen molar-refractivity contribution in [1.82, 2.24) is 0 Å². The second kappa shape index (κ2) is 11.8. The van der Waals surface area contributed by atoms with E-state index >= 15 is 0 Å². The van der Waals surface area contributed by atoms with Crippen molar-refractivity contribution in [3.8, 4) is 0 Å². The molecule has 0 fully saturated rings. The first kappa shape index (κ1) is 27.9. The number of carbonyl (C=O) groups excluding carboxylic acids is 3. The van der Waals surface area contributed by atoms with Gasteiger partial charge < -0.3 is 10.6 Å². The zero-order valence-electron chi connectivity index (χ0n) is 21.5. The molecule has 2 N–H and O–H groups in total. The number of hydrogen-bond donors (Lipinski definition) is 2. The monoisotopic (exact) mass is 675 g/mol. The fraction of sp³-hybridized carbons (Fsp3) is 0.0645. The minimum atomic E-state index is -0.419. The standard InChI is InChI=1S/C31H23Br2N3O3S/c1-18-3-14-25(17-19(18)2)36-30(38)27(34-23-10-8-22(33)9-11-23)28(31(36)39)40-26-15-12-24(13-16-26)35-29(37)20-4-6-21(32)7-5-20/h3-17,34H,1-2H3,(H,35,37). The van der Waals surface area contributed by atoms with Gasteiger partial charge in [-0.3, -0.25) is 14.4 Å². The summed E-state index contributed by atoms with van der Waals surface area (Å²) in [4.78, 5) is 42.1. The van der Waals surface area contributed by atoms with E-state index in [-0.39, 0.29) is 16.5 Å². The van der Waals surface area contributed by atoms with Crippen molar-refractivity contribution in [3.63, 3.8) is 0 Å². The number of amides is 3. The van der Waals surface area contributed by atoms with E-state index in [4.69, 9.17) is 0 Å². The van der Waals surface area contributed by atoms with Gasteiger partial charge in [-0.1, -0.05) is 49.7 Å². The van der Waals surface area contributed by atoms with Crippen LogP contribution in [-0.4, -0.2) is 17.7 Å². The van der Waals surface area contributed by atoms with Crippen molar-refractivity contribution in [1.29, 1.82) is 0 Å². The summed E-state index contributed by atoms with van der Waals surface area (Å²) in [5.74, 6) is -1.04. The molecule has 9 heteroatoms. The van der Waals surface area contributed by atoms with E-state index in [0.717, 1.165) is 25.0 Å². The molecule has 4 aromatic carbocycles. The first-order valence-electron chi connectivity index (χ1n) is 12.3. The predicted octanol–water partition coefficient (Wildman–Crippen LogP) is 8.07. The molecule has 5 rings (SSSR count). The average Bonchev–Trinajstić information content (AvgIpc) is 3.16. The Labute approximate surface area is 253 Å². The van der Waals surface area contributed by atoms with Crippen molar-refractivity contribution < 1.29 is 14.4 Å². The average molecular weight is 677 g/mol. The number of carbonyl (C=O) groups is 3. The fourth-order valence-corrected chi connectivity index (χ4v) is 5.48. The lowest BCUT2D eigenvalue weighted by Gasteiger charge is -2.16. The number of hydrogen-bond acceptors (Lipinski definition) is 5. The number of nitrogens with zero attached hydrogens (tertiary/aromatic N) is 1. The van der Waals surface area contributed by atoms with Crippen LogP contribution in [0.25, 0.3) is 0 Å². The van der Waals surface area contributed by atoms with E-state index in [0.29, 0.717) is 22.6 Å². The molecule has 0 aromatic heterocycles. The van der Waals surface area contributed by atoms with Crippen molar-refractivity contribution >= 4 is 78.4 Å². The van der Waals surface area contributed by atoms with Gasteiger partial charge in [-0.15, -0.1) is 0 Å². The first-order chi connectivity index (χ1) is 19.2. The van der Waals surface area contributed by atoms with Crippen LogP contribution >= 0.6 is 43.6 Å². The molecule has 40 heavy (non-hydrogen) atoms. The summed E-state index contributed by atoms with van der Waals surface area (Å²) in [6.45, 7) is 3.93. The van der Waals surface area contributed by atoms with Gasteiger partial charge in [-0.05, 0) is 110 Å². The van der Waals surface area contributed by atoms with Crippen LogP contribution < -0.4 is 15.5 Å². The molecule has 3 amide bonds. The van der Waals surface area contributed by atoms with E-state index in [9.17, 15) is 14.4 Å². The van der Waals surface area contributed by atoms with Crippen LogP contribution in [0.5, 0.6) is 0 Å². The zero-order valence-corrected chi connectivity index (χ0v) is 25.5. The van der Waals surface area contributed by atoms with Crippen LogP contribution in [0, 0.1) is 13.8 Å². The van der Waals surface area contributed by atoms with Crippen LogP contribution in [0.2, 0.25) is 0 Å². The molecular weight excluding hydrogens is 654 g/mol. The number of rotatable bonds is 7. The third kappa shape index (κ3) is 6.06. The second-order valence-corrected chi connectivity index (χ2v) is 12.1. The summed E-state index contributed by atoms with van der Waals surface area (Å²) in [6, 6.07) is 27.2. The van der Waals surface area contributed by atoms with Crippen LogP contribution in [0.3, 0.4) is 0 Å². The highest BCUT2D eigenvalue weighted by Crippen LogP contribution is 2.38. The van der Waals surface area contributed by atoms with Crippen molar-refractivity contribution in [2.45, 2.75) is 18.7 Å². The van der Waals surface area contributed by atoms with Gasteiger partial charge in [0.25, 0.3) is 17.7 Å². The van der Waals surface area contributed by atoms with Crippen LogP contribution in [0.4, 0.5) is 17.1 Å². The van der Waals surface area contributed by atoms with E-state index < -0.39 is 11.8 Å². The Bertz CT molecular complexity index is 1650. The van der Waals surface area contributed by atoms with Gasteiger partial charge >= 0.3 is 0 Å². The molecule has 0 aliphatic carbocycles. The summed E-state index contributed by atoms with van der Waals surface area (Å²) in [6.07, 6.45) is 0. The summed E-state index contributed by atoms with van der Waals surface area (Å²) < 4.78 is 1.80. The largest absolute Gasteiger partial charge is 0.350 e. The molecule has 200 valence electrons. The third-order valence-electron chi connectivity index (χ3n) is 6.34. The third-order valence-corrected chi connectivity index (χ3v) is 8.49. The summed E-state index contributed by atoms with van der Waals surface area (Å²) in [7, 11) is 0. The number of thioether (sulfide) groups is 1. The van der Waals surface area contributed by atoms with Crippen molar-refractivity contribution in [3.05, 3.63) is 127 Å². The maximum absolute atomic E-state index is 13.7. The molecule has 6 nitrogen and oxygen atoms in total. The minimum Gasteiger partial charge on any atom is -0.350 e. The summed E-state index contributed by atoms with van der Waals surface area (Å²) in [5.41, 5.74) is 4.64. The maximum Gasteiger partial charge on any atom is 0.283 e. The molecular formula is C31H23Br2N3O3S. The highest BCUT2D eigenvalue weighted by Gasteiger charge is 2.40. The molecule has 0 spiro atoms. The van der Waals surface area contributed by atoms with Gasteiger partial charge in [0.05, 0.1) is 5.69 Å². The lowest BCUT2D eigenvalue weighted by molar-refractivity contribution is -0.120. The van der Waals surface area contributed by atoms with Crippen molar-refractivity contribution in [2.75, 3.05) is 15.5 Å². The Balaban J connectivity index is 1.41. The fourth-order valence-electron chi connectivity index (χ4n) is 4.02. The molecule has 0 saturated carbocycles. The zero-order chi connectivity index (χ0) is 28.4. The SMILES string of the molecule is Cc1ccc(N2C(=O)C(Nc3ccc(Br)cc3)=C(Sc3ccc(NC(=O)c4ccc(Br)cc4)cc3)C2=O)cc1C. The quantitative estimate of drug-likeness (QED) is 0.194. The van der Waals surface area contributed by atoms with E-state index in [1.165, 1.54) is 16.7 Å². The van der Waals surface area contributed by atoms with Gasteiger partial charge in [0.2, 0.25) is 0 Å². The molecule has 0 radical (unpaired) electrons. The van der Waals surface area contributed by atoms with Gasteiger partial charge in [0.1, 0.15) is 10.6 Å². The van der Waals surface area contributed by atoms with E-state index in [1.54, 1.807) is 30.3 Å². The number of aryl methyl sites for hydroxylation is 2. The lowest BCUT2D eigenvalue weighted by Crippen LogP contribution is -2.32. The summed E-state index contributed by atoms with van der Waals surface area (Å²) in [5, 5.41) is 6.05. The van der Waals surface area contributed by atoms with Crippen LogP contribution in [-0.2, 0) is 9.59 Å². The summed E-state index contributed by atoms with van der Waals surface area (Å²) >= 11 is 8.00. The smallest absolute Gasteiger partial charge is 0.283 e. The number of benzene rings is 4. The molecule has 0 atom stereocenters. The van der Waals surface area contributed by atoms with Gasteiger partial charge in [0.15, 0.2) is 0 Å². The highest BCUT2D eigenvalue weighted by molar-refractivity contribution is 9.10. The number of anilines is 3. The Morgan fingerprint density at radius 2 is 1.32 bits per heavy atom. The van der Waals surface area contributed by atoms with E-state index in [2.05, 4.69) is 42.5 Å². The van der Waals surface area contributed by atoms with Gasteiger partial charge in [-0.25, -0.2) is 4.90 Å². The van der Waals surface area contributed by atoms with Gasteiger partial charge in [-0.2, -0.15) is 0 Å². The van der Waals surface area contributed by atoms with Crippen LogP contribution in [0.15, 0.2) is 115 Å². The molecule has 0 saturated heterocycles. The van der Waals surface area contributed by atoms with Gasteiger partial charge in [0, 0.05) is 30.8 Å². The number of imide groups is 1.